The predicted octanol–water partition coefficient (Wildman–Crippen LogP) is 6.65. The molecule has 0 aliphatic carbocycles. The zero-order chi connectivity index (χ0) is 22.5. The molecule has 3 aromatic rings. The number of rotatable bonds is 6. The Morgan fingerprint density at radius 2 is 1.56 bits per heavy atom. The molecule has 32 heavy (non-hydrogen) atoms. The third kappa shape index (κ3) is 5.06. The van der Waals surface area contributed by atoms with Crippen molar-refractivity contribution in [3.63, 3.8) is 0 Å². The number of alkyl halides is 2. The van der Waals surface area contributed by atoms with Gasteiger partial charge in [-0.2, -0.15) is 8.78 Å². The maximum Gasteiger partial charge on any atom is 0.387 e. The lowest BCUT2D eigenvalue weighted by Crippen LogP contribution is -2.32. The molecule has 4 rings (SSSR count). The fourth-order valence-corrected chi connectivity index (χ4v) is 4.36. The molecular formula is C25H20F2N2O2S. The van der Waals surface area contributed by atoms with E-state index in [1.165, 1.54) is 23.9 Å². The van der Waals surface area contributed by atoms with Crippen molar-refractivity contribution < 1.29 is 18.3 Å². The van der Waals surface area contributed by atoms with Crippen LogP contribution in [0.1, 0.15) is 24.1 Å². The number of carbonyl (C=O) groups is 1. The summed E-state index contributed by atoms with van der Waals surface area (Å²) in [7, 11) is 0. The van der Waals surface area contributed by atoms with Crippen LogP contribution in [0.4, 0.5) is 14.5 Å². The smallest absolute Gasteiger partial charge is 0.387 e. The van der Waals surface area contributed by atoms with E-state index in [1.807, 2.05) is 67.6 Å². The molecule has 0 spiro atoms. The minimum atomic E-state index is -2.88. The molecule has 0 aromatic heterocycles. The van der Waals surface area contributed by atoms with E-state index in [9.17, 15) is 13.6 Å². The van der Waals surface area contributed by atoms with Gasteiger partial charge in [0.2, 0.25) is 0 Å². The summed E-state index contributed by atoms with van der Waals surface area (Å²) in [6, 6.07) is 25.2. The van der Waals surface area contributed by atoms with Gasteiger partial charge in [0.05, 0.1) is 16.6 Å². The van der Waals surface area contributed by atoms with Crippen LogP contribution in [-0.4, -0.2) is 22.6 Å². The Hall–Kier alpha value is -3.45. The van der Waals surface area contributed by atoms with Gasteiger partial charge < -0.3 is 4.74 Å². The highest BCUT2D eigenvalue weighted by molar-refractivity contribution is 8.18. The third-order valence-corrected chi connectivity index (χ3v) is 5.87. The van der Waals surface area contributed by atoms with Crippen molar-refractivity contribution >= 4 is 34.6 Å². The van der Waals surface area contributed by atoms with Gasteiger partial charge in [-0.3, -0.25) is 9.69 Å². The first-order valence-electron chi connectivity index (χ1n) is 9.98. The summed E-state index contributed by atoms with van der Waals surface area (Å²) in [5.41, 5.74) is 2.45. The van der Waals surface area contributed by atoms with E-state index in [0.717, 1.165) is 11.3 Å². The molecule has 0 saturated carbocycles. The molecule has 0 N–H and O–H groups in total. The van der Waals surface area contributed by atoms with E-state index in [4.69, 9.17) is 4.99 Å². The molecule has 1 aliphatic rings. The second kappa shape index (κ2) is 9.78. The van der Waals surface area contributed by atoms with Crippen LogP contribution in [0, 0.1) is 0 Å². The molecule has 7 heteroatoms. The van der Waals surface area contributed by atoms with Crippen LogP contribution in [0.25, 0.3) is 6.08 Å². The molecule has 0 bridgehead atoms. The molecule has 4 nitrogen and oxygen atoms in total. The summed E-state index contributed by atoms with van der Waals surface area (Å²) in [5.74, 6) is -0.0906. The van der Waals surface area contributed by atoms with Crippen LogP contribution in [0.5, 0.6) is 5.75 Å². The second-order valence-corrected chi connectivity index (χ2v) is 8.06. The van der Waals surface area contributed by atoms with E-state index in [1.54, 1.807) is 23.1 Å². The first-order valence-corrected chi connectivity index (χ1v) is 10.8. The van der Waals surface area contributed by atoms with Crippen LogP contribution in [0.2, 0.25) is 0 Å². The van der Waals surface area contributed by atoms with E-state index in [0.29, 0.717) is 15.6 Å². The summed E-state index contributed by atoms with van der Waals surface area (Å²) in [4.78, 5) is 20.3. The van der Waals surface area contributed by atoms with Crippen molar-refractivity contribution in [2.45, 2.75) is 19.6 Å². The minimum absolute atomic E-state index is 0.0678. The van der Waals surface area contributed by atoms with Gasteiger partial charge in [0.15, 0.2) is 5.17 Å². The fraction of sp³-hybridized carbons (Fsp3) is 0.120. The molecule has 1 aliphatic heterocycles. The topological polar surface area (TPSA) is 41.9 Å². The highest BCUT2D eigenvalue weighted by Gasteiger charge is 2.37. The molecule has 1 amide bonds. The largest absolute Gasteiger partial charge is 0.435 e. The number of para-hydroxylation sites is 1. The van der Waals surface area contributed by atoms with Gasteiger partial charge in [0, 0.05) is 0 Å². The van der Waals surface area contributed by atoms with Gasteiger partial charge in [0.25, 0.3) is 5.91 Å². The monoisotopic (exact) mass is 450 g/mol. The molecule has 162 valence electrons. The first kappa shape index (κ1) is 21.8. The zero-order valence-corrected chi connectivity index (χ0v) is 18.0. The van der Waals surface area contributed by atoms with Crippen molar-refractivity contribution in [1.29, 1.82) is 0 Å². The Bertz CT molecular complexity index is 1130. The lowest BCUT2D eigenvalue weighted by molar-refractivity contribution is -0.123. The van der Waals surface area contributed by atoms with E-state index in [2.05, 4.69) is 4.74 Å². The molecular weight excluding hydrogens is 430 g/mol. The van der Waals surface area contributed by atoms with Crippen molar-refractivity contribution in [2.24, 2.45) is 4.99 Å². The van der Waals surface area contributed by atoms with Gasteiger partial charge in [0.1, 0.15) is 5.75 Å². The maximum absolute atomic E-state index is 13.4. The number of nitrogens with zero attached hydrogens (tertiary/aromatic N) is 2. The Kier molecular flexibility index (Phi) is 6.66. The van der Waals surface area contributed by atoms with E-state index in [-0.39, 0.29) is 17.7 Å². The van der Waals surface area contributed by atoms with Gasteiger partial charge >= 0.3 is 6.61 Å². The number of ether oxygens (including phenoxy) is 1. The number of amidine groups is 1. The molecule has 1 fully saturated rings. The Labute approximate surface area is 189 Å². The van der Waals surface area contributed by atoms with Crippen molar-refractivity contribution in [1.82, 2.24) is 4.90 Å². The zero-order valence-electron chi connectivity index (χ0n) is 17.2. The molecule has 1 saturated heterocycles. The standard InChI is InChI=1S/C25H20F2N2O2S/c1-17(19-8-4-2-5-9-19)29-23(30)22(32-25(29)28-20-10-6-3-7-11-20)16-18-12-14-21(15-13-18)31-24(26)27/h2-17,24H,1H3/b22-16+,28-25?. The molecule has 3 aromatic carbocycles. The van der Waals surface area contributed by atoms with Gasteiger partial charge in [-0.05, 0) is 60.2 Å². The summed E-state index contributed by atoms with van der Waals surface area (Å²) in [6.07, 6.45) is 1.73. The van der Waals surface area contributed by atoms with Crippen molar-refractivity contribution in [3.8, 4) is 5.75 Å². The van der Waals surface area contributed by atoms with Crippen LogP contribution < -0.4 is 4.74 Å². The number of carbonyl (C=O) groups excluding carboxylic acids is 1. The predicted molar refractivity (Wildman–Crippen MR) is 124 cm³/mol. The quantitative estimate of drug-likeness (QED) is 0.395. The van der Waals surface area contributed by atoms with Crippen molar-refractivity contribution in [3.05, 3.63) is 101 Å². The van der Waals surface area contributed by atoms with Gasteiger partial charge in [-0.1, -0.05) is 60.7 Å². The molecule has 0 radical (unpaired) electrons. The maximum atomic E-state index is 13.4. The van der Waals surface area contributed by atoms with Crippen LogP contribution >= 0.6 is 11.8 Å². The fourth-order valence-electron chi connectivity index (χ4n) is 3.30. The summed E-state index contributed by atoms with van der Waals surface area (Å²) in [5, 5.41) is 0.585. The Morgan fingerprint density at radius 3 is 2.19 bits per heavy atom. The summed E-state index contributed by atoms with van der Waals surface area (Å²) in [6.45, 7) is -0.913. The number of benzene rings is 3. The SMILES string of the molecule is CC(c1ccccc1)N1C(=O)/C(=C\c2ccc(OC(F)F)cc2)SC1=Nc1ccccc1. The highest BCUT2D eigenvalue weighted by atomic mass is 32.2. The van der Waals surface area contributed by atoms with E-state index >= 15 is 0 Å². The van der Waals surface area contributed by atoms with Gasteiger partial charge in [-0.15, -0.1) is 0 Å². The van der Waals surface area contributed by atoms with Crippen LogP contribution in [0.3, 0.4) is 0 Å². The number of hydrogen-bond donors (Lipinski definition) is 0. The normalized spacial score (nSPS) is 17.4. The molecule has 1 atom stereocenters. The summed E-state index contributed by atoms with van der Waals surface area (Å²) >= 11 is 1.29. The third-order valence-electron chi connectivity index (χ3n) is 4.89. The number of thioether (sulfide) groups is 1. The number of amides is 1. The van der Waals surface area contributed by atoms with Crippen molar-refractivity contribution in [2.75, 3.05) is 0 Å². The minimum Gasteiger partial charge on any atom is -0.435 e. The first-order chi connectivity index (χ1) is 15.5. The second-order valence-electron chi connectivity index (χ2n) is 7.05. The van der Waals surface area contributed by atoms with Crippen LogP contribution in [0.15, 0.2) is 94.8 Å². The van der Waals surface area contributed by atoms with Gasteiger partial charge in [-0.25, -0.2) is 4.99 Å². The molecule has 1 unspecified atom stereocenters. The lowest BCUT2D eigenvalue weighted by Gasteiger charge is -2.24. The average Bonchev–Trinajstić information content (AvgIpc) is 3.10. The Morgan fingerprint density at radius 1 is 0.938 bits per heavy atom. The summed E-state index contributed by atoms with van der Waals surface area (Å²) < 4.78 is 29.1. The van der Waals surface area contributed by atoms with Crippen LogP contribution in [-0.2, 0) is 4.79 Å². The average molecular weight is 451 g/mol. The number of halogens is 2. The van der Waals surface area contributed by atoms with E-state index < -0.39 is 6.61 Å². The molecule has 1 heterocycles. The Balaban J connectivity index is 1.67. The number of hydrogen-bond acceptors (Lipinski definition) is 4. The number of aliphatic imine (C=N–C) groups is 1. The highest BCUT2D eigenvalue weighted by Crippen LogP contribution is 2.39. The lowest BCUT2D eigenvalue weighted by atomic mass is 10.1.